The molecule has 8 N–H and O–H groups in total. The zero-order valence-corrected chi connectivity index (χ0v) is 16.5. The first kappa shape index (κ1) is 24.0. The van der Waals surface area contributed by atoms with Gasteiger partial charge in [0.25, 0.3) is 0 Å². The normalized spacial score (nSPS) is 15.1. The fraction of sp³-hybridized carbons (Fsp3) is 0.588. The molecule has 0 fully saturated rings. The van der Waals surface area contributed by atoms with Crippen molar-refractivity contribution in [2.24, 2.45) is 11.7 Å². The number of carbonyl (C=O) groups excluding carboxylic acids is 3. The average molecular weight is 412 g/mol. The molecule has 162 valence electrons. The van der Waals surface area contributed by atoms with Crippen LogP contribution in [0.15, 0.2) is 12.5 Å². The van der Waals surface area contributed by atoms with E-state index in [1.807, 2.05) is 0 Å². The molecule has 0 spiro atoms. The van der Waals surface area contributed by atoms with Gasteiger partial charge in [-0.15, -0.1) is 0 Å². The molecule has 0 saturated heterocycles. The molecule has 3 amide bonds. The van der Waals surface area contributed by atoms with Crippen LogP contribution in [0.25, 0.3) is 0 Å². The molecule has 0 aromatic carbocycles. The number of aliphatic hydroxyl groups is 1. The molecule has 1 rings (SSSR count). The second-order valence-electron chi connectivity index (χ2n) is 6.95. The highest BCUT2D eigenvalue weighted by molar-refractivity contribution is 5.92. The molecule has 1 aromatic rings. The Morgan fingerprint density at radius 3 is 2.31 bits per heavy atom. The Labute approximate surface area is 167 Å². The highest BCUT2D eigenvalue weighted by Crippen LogP contribution is 2.03. The molecule has 12 nitrogen and oxygen atoms in total. The molecule has 1 aromatic heterocycles. The molecule has 0 bridgehead atoms. The van der Waals surface area contributed by atoms with Crippen molar-refractivity contribution in [3.05, 3.63) is 18.2 Å². The van der Waals surface area contributed by atoms with Crippen molar-refractivity contribution < 1.29 is 29.4 Å². The van der Waals surface area contributed by atoms with Crippen LogP contribution < -0.4 is 21.7 Å². The number of nitrogens with zero attached hydrogens (tertiary/aromatic N) is 1. The third-order valence-electron chi connectivity index (χ3n) is 4.10. The van der Waals surface area contributed by atoms with Gasteiger partial charge >= 0.3 is 5.97 Å². The van der Waals surface area contributed by atoms with Crippen LogP contribution in [0.5, 0.6) is 0 Å². The van der Waals surface area contributed by atoms with Crippen LogP contribution in [0.1, 0.15) is 26.5 Å². The number of H-pyrrole nitrogens is 1. The first-order chi connectivity index (χ1) is 13.5. The summed E-state index contributed by atoms with van der Waals surface area (Å²) in [5.74, 6) is -3.61. The number of aliphatic carboxylic acids is 1. The van der Waals surface area contributed by atoms with Crippen LogP contribution >= 0.6 is 0 Å². The summed E-state index contributed by atoms with van der Waals surface area (Å²) < 4.78 is 0. The first-order valence-corrected chi connectivity index (χ1v) is 9.04. The van der Waals surface area contributed by atoms with E-state index in [1.165, 1.54) is 19.4 Å². The number of nitrogens with two attached hydrogens (primary N) is 1. The molecule has 0 radical (unpaired) electrons. The van der Waals surface area contributed by atoms with Gasteiger partial charge in [-0.25, -0.2) is 9.78 Å². The summed E-state index contributed by atoms with van der Waals surface area (Å²) in [4.78, 5) is 54.2. The number of imidazole rings is 1. The molecule has 12 heteroatoms. The number of hydrogen-bond acceptors (Lipinski definition) is 7. The number of carboxylic acids is 1. The Kier molecular flexibility index (Phi) is 9.22. The molecule has 0 aliphatic carbocycles. The highest BCUT2D eigenvalue weighted by atomic mass is 16.4. The lowest BCUT2D eigenvalue weighted by Crippen LogP contribution is -2.57. The number of carboxylic acid groups (broad SMARTS) is 1. The van der Waals surface area contributed by atoms with Gasteiger partial charge in [-0.3, -0.25) is 14.4 Å². The maximum Gasteiger partial charge on any atom is 0.326 e. The van der Waals surface area contributed by atoms with Crippen molar-refractivity contribution in [1.82, 2.24) is 25.9 Å². The summed E-state index contributed by atoms with van der Waals surface area (Å²) in [6.45, 7) is 4.24. The largest absolute Gasteiger partial charge is 0.480 e. The number of amides is 3. The van der Waals surface area contributed by atoms with Crippen LogP contribution in [0.3, 0.4) is 0 Å². The molecule has 0 saturated carbocycles. The molecular formula is C17H28N6O6. The van der Waals surface area contributed by atoms with E-state index in [-0.39, 0.29) is 12.3 Å². The van der Waals surface area contributed by atoms with E-state index in [0.29, 0.717) is 5.69 Å². The maximum absolute atomic E-state index is 12.4. The topological polar surface area (TPSA) is 200 Å². The molecule has 29 heavy (non-hydrogen) atoms. The Hall–Kier alpha value is -2.99. The number of aromatic nitrogens is 2. The number of rotatable bonds is 11. The van der Waals surface area contributed by atoms with E-state index in [2.05, 4.69) is 25.9 Å². The van der Waals surface area contributed by atoms with E-state index < -0.39 is 54.5 Å². The zero-order valence-electron chi connectivity index (χ0n) is 16.5. The fourth-order valence-corrected chi connectivity index (χ4v) is 2.34. The van der Waals surface area contributed by atoms with Crippen molar-refractivity contribution in [2.45, 2.75) is 51.4 Å². The average Bonchev–Trinajstić information content (AvgIpc) is 3.15. The molecule has 1 heterocycles. The third kappa shape index (κ3) is 7.87. The van der Waals surface area contributed by atoms with Crippen LogP contribution in [-0.4, -0.2) is 74.6 Å². The van der Waals surface area contributed by atoms with Crippen molar-refractivity contribution in [1.29, 1.82) is 0 Å². The quantitative estimate of drug-likeness (QED) is 0.206. The van der Waals surface area contributed by atoms with E-state index in [1.54, 1.807) is 13.8 Å². The van der Waals surface area contributed by atoms with Gasteiger partial charge in [0.15, 0.2) is 0 Å². The van der Waals surface area contributed by atoms with Gasteiger partial charge in [0, 0.05) is 18.3 Å². The molecule has 0 aliphatic heterocycles. The monoisotopic (exact) mass is 412 g/mol. The second kappa shape index (κ2) is 11.1. The molecule has 4 unspecified atom stereocenters. The second-order valence-corrected chi connectivity index (χ2v) is 6.95. The Bertz CT molecular complexity index is 705. The number of hydrogen-bond donors (Lipinski definition) is 7. The summed E-state index contributed by atoms with van der Waals surface area (Å²) in [6, 6.07) is -3.39. The van der Waals surface area contributed by atoms with Gasteiger partial charge in [0.1, 0.15) is 18.1 Å². The third-order valence-corrected chi connectivity index (χ3v) is 4.10. The maximum atomic E-state index is 12.4. The fourth-order valence-electron chi connectivity index (χ4n) is 2.34. The Balaban J connectivity index is 2.61. The minimum absolute atomic E-state index is 0.00305. The predicted molar refractivity (Wildman–Crippen MR) is 101 cm³/mol. The van der Waals surface area contributed by atoms with Crippen molar-refractivity contribution in [3.8, 4) is 0 Å². The number of aromatic amines is 1. The Morgan fingerprint density at radius 1 is 1.17 bits per heavy atom. The van der Waals surface area contributed by atoms with Gasteiger partial charge in [-0.2, -0.15) is 0 Å². The minimum Gasteiger partial charge on any atom is -0.480 e. The van der Waals surface area contributed by atoms with Gasteiger partial charge < -0.3 is 36.9 Å². The lowest BCUT2D eigenvalue weighted by Gasteiger charge is -2.24. The SMILES string of the molecule is CC(C)C(NC(=O)C(N)C(C)O)C(=O)NCC(=O)NC(Cc1cnc[nH]1)C(=O)O. The zero-order chi connectivity index (χ0) is 22.1. The summed E-state index contributed by atoms with van der Waals surface area (Å²) in [5, 5.41) is 25.7. The smallest absolute Gasteiger partial charge is 0.326 e. The van der Waals surface area contributed by atoms with E-state index in [9.17, 15) is 29.4 Å². The van der Waals surface area contributed by atoms with E-state index in [0.717, 1.165) is 0 Å². The lowest BCUT2D eigenvalue weighted by atomic mass is 10.0. The van der Waals surface area contributed by atoms with Crippen LogP contribution in [0.2, 0.25) is 0 Å². The van der Waals surface area contributed by atoms with E-state index in [4.69, 9.17) is 5.73 Å². The molecule has 0 aliphatic rings. The van der Waals surface area contributed by atoms with Crippen molar-refractivity contribution in [2.75, 3.05) is 6.54 Å². The molecule has 4 atom stereocenters. The van der Waals surface area contributed by atoms with E-state index >= 15 is 0 Å². The lowest BCUT2D eigenvalue weighted by molar-refractivity contribution is -0.141. The van der Waals surface area contributed by atoms with Crippen molar-refractivity contribution in [3.63, 3.8) is 0 Å². The van der Waals surface area contributed by atoms with Gasteiger partial charge in [0.2, 0.25) is 17.7 Å². The van der Waals surface area contributed by atoms with Crippen molar-refractivity contribution >= 4 is 23.7 Å². The number of carbonyl (C=O) groups is 4. The van der Waals surface area contributed by atoms with Gasteiger partial charge in [-0.1, -0.05) is 13.8 Å². The van der Waals surface area contributed by atoms with Crippen LogP contribution in [0, 0.1) is 5.92 Å². The summed E-state index contributed by atoms with van der Waals surface area (Å²) in [6.07, 6.45) is 1.73. The van der Waals surface area contributed by atoms with Crippen LogP contribution in [0.4, 0.5) is 0 Å². The highest BCUT2D eigenvalue weighted by Gasteiger charge is 2.28. The molecular weight excluding hydrogens is 384 g/mol. The number of nitrogens with one attached hydrogen (secondary N) is 4. The summed E-state index contributed by atoms with van der Waals surface area (Å²) in [7, 11) is 0. The number of aliphatic hydroxyl groups excluding tert-OH is 1. The summed E-state index contributed by atoms with van der Waals surface area (Å²) in [5.41, 5.74) is 6.08. The first-order valence-electron chi connectivity index (χ1n) is 9.04. The van der Waals surface area contributed by atoms with Gasteiger partial charge in [0.05, 0.1) is 19.0 Å². The van der Waals surface area contributed by atoms with Gasteiger partial charge in [-0.05, 0) is 12.8 Å². The van der Waals surface area contributed by atoms with Crippen LogP contribution in [-0.2, 0) is 25.6 Å². The standard InChI is InChI=1S/C17H28N6O6/c1-8(2)14(23-15(26)13(18)9(3)24)16(27)20-6-12(25)22-11(17(28)29)4-10-5-19-7-21-10/h5,7-9,11,13-14,24H,4,6,18H2,1-3H3,(H,19,21)(H,20,27)(H,22,25)(H,23,26)(H,28,29). The Morgan fingerprint density at radius 2 is 1.83 bits per heavy atom. The summed E-state index contributed by atoms with van der Waals surface area (Å²) >= 11 is 0. The minimum atomic E-state index is -1.24. The predicted octanol–water partition coefficient (Wildman–Crippen LogP) is -2.51.